The highest BCUT2D eigenvalue weighted by Crippen LogP contribution is 2.25. The Morgan fingerprint density at radius 3 is 2.52 bits per heavy atom. The molecule has 4 heteroatoms. The van der Waals surface area contributed by atoms with E-state index in [2.05, 4.69) is 4.98 Å². The maximum Gasteiger partial charge on any atom is 0.342 e. The van der Waals surface area contributed by atoms with Gasteiger partial charge in [0.1, 0.15) is 6.26 Å². The van der Waals surface area contributed by atoms with Gasteiger partial charge in [-0.15, -0.1) is 0 Å². The molecule has 21 heavy (non-hydrogen) atoms. The summed E-state index contributed by atoms with van der Waals surface area (Å²) in [7, 11) is 0. The number of benzene rings is 1. The Bertz CT molecular complexity index is 654. The van der Waals surface area contributed by atoms with Crippen molar-refractivity contribution in [3.63, 3.8) is 0 Å². The van der Waals surface area contributed by atoms with Crippen LogP contribution >= 0.6 is 0 Å². The quantitative estimate of drug-likeness (QED) is 0.684. The van der Waals surface area contributed by atoms with E-state index < -0.39 is 12.1 Å². The van der Waals surface area contributed by atoms with Crippen LogP contribution in [0.5, 0.6) is 0 Å². The Morgan fingerprint density at radius 2 is 1.86 bits per heavy atom. The number of aromatic nitrogens is 1. The van der Waals surface area contributed by atoms with Crippen LogP contribution in [0.2, 0.25) is 0 Å². The van der Waals surface area contributed by atoms with Gasteiger partial charge in [-0.3, -0.25) is 4.98 Å². The first-order valence-electron chi connectivity index (χ1n) is 6.53. The fourth-order valence-corrected chi connectivity index (χ4v) is 2.01. The fourth-order valence-electron chi connectivity index (χ4n) is 2.01. The lowest BCUT2D eigenvalue weighted by Crippen LogP contribution is -2.13. The number of pyridine rings is 1. The maximum absolute atomic E-state index is 12.2. The van der Waals surface area contributed by atoms with Gasteiger partial charge < -0.3 is 9.15 Å². The SMILES string of the molecule is O=C(OC(c1ccccc1)c1ccccn1)c1ccoc1. The van der Waals surface area contributed by atoms with E-state index >= 15 is 0 Å². The van der Waals surface area contributed by atoms with Gasteiger partial charge in [-0.05, 0) is 23.8 Å². The van der Waals surface area contributed by atoms with Gasteiger partial charge in [-0.2, -0.15) is 0 Å². The molecule has 1 unspecified atom stereocenters. The van der Waals surface area contributed by atoms with Crippen molar-refractivity contribution in [2.45, 2.75) is 6.10 Å². The lowest BCUT2D eigenvalue weighted by molar-refractivity contribution is 0.0370. The normalized spacial score (nSPS) is 11.8. The summed E-state index contributed by atoms with van der Waals surface area (Å²) in [5.41, 5.74) is 1.93. The standard InChI is InChI=1S/C17H13NO3/c19-17(14-9-11-20-12-14)21-16(13-6-2-1-3-7-13)15-8-4-5-10-18-15/h1-12,16H. The second-order valence-electron chi connectivity index (χ2n) is 4.46. The summed E-state index contributed by atoms with van der Waals surface area (Å²) in [5.74, 6) is -0.441. The molecule has 1 atom stereocenters. The van der Waals surface area contributed by atoms with Crippen LogP contribution in [-0.2, 0) is 4.74 Å². The highest BCUT2D eigenvalue weighted by atomic mass is 16.5. The van der Waals surface area contributed by atoms with E-state index in [1.165, 1.54) is 12.5 Å². The number of ether oxygens (including phenoxy) is 1. The van der Waals surface area contributed by atoms with Crippen molar-refractivity contribution in [2.75, 3.05) is 0 Å². The van der Waals surface area contributed by atoms with Crippen LogP contribution in [0.4, 0.5) is 0 Å². The van der Waals surface area contributed by atoms with Crippen molar-refractivity contribution in [1.29, 1.82) is 0 Å². The Labute approximate surface area is 122 Å². The first-order valence-corrected chi connectivity index (χ1v) is 6.53. The molecule has 2 heterocycles. The Morgan fingerprint density at radius 1 is 1.05 bits per heavy atom. The Hall–Kier alpha value is -2.88. The molecule has 0 radical (unpaired) electrons. The van der Waals surface area contributed by atoms with Gasteiger partial charge in [0.15, 0.2) is 6.10 Å². The van der Waals surface area contributed by atoms with Crippen LogP contribution in [0, 0.1) is 0 Å². The largest absolute Gasteiger partial charge is 0.472 e. The maximum atomic E-state index is 12.2. The van der Waals surface area contributed by atoms with Gasteiger partial charge in [0.2, 0.25) is 0 Å². The molecule has 2 aromatic heterocycles. The number of furan rings is 1. The summed E-state index contributed by atoms with van der Waals surface area (Å²) in [6.45, 7) is 0. The number of rotatable bonds is 4. The minimum atomic E-state index is -0.546. The van der Waals surface area contributed by atoms with Gasteiger partial charge in [-0.25, -0.2) is 4.79 Å². The van der Waals surface area contributed by atoms with Gasteiger partial charge in [0.25, 0.3) is 0 Å². The van der Waals surface area contributed by atoms with Gasteiger partial charge in [-0.1, -0.05) is 36.4 Å². The second-order valence-corrected chi connectivity index (χ2v) is 4.46. The number of hydrogen-bond acceptors (Lipinski definition) is 4. The van der Waals surface area contributed by atoms with E-state index in [-0.39, 0.29) is 0 Å². The van der Waals surface area contributed by atoms with Crippen LogP contribution in [0.3, 0.4) is 0 Å². The number of carbonyl (C=O) groups is 1. The molecule has 0 N–H and O–H groups in total. The first kappa shape index (κ1) is 13.1. The van der Waals surface area contributed by atoms with E-state index in [0.29, 0.717) is 11.3 Å². The van der Waals surface area contributed by atoms with Gasteiger partial charge >= 0.3 is 5.97 Å². The van der Waals surface area contributed by atoms with E-state index in [0.717, 1.165) is 5.56 Å². The number of nitrogens with zero attached hydrogens (tertiary/aromatic N) is 1. The minimum absolute atomic E-state index is 0.381. The number of esters is 1. The molecule has 1 aromatic carbocycles. The summed E-state index contributed by atoms with van der Waals surface area (Å²) in [4.78, 5) is 16.4. The molecule has 0 fully saturated rings. The lowest BCUT2D eigenvalue weighted by atomic mass is 10.1. The highest BCUT2D eigenvalue weighted by molar-refractivity contribution is 5.89. The van der Waals surface area contributed by atoms with Crippen LogP contribution < -0.4 is 0 Å². The van der Waals surface area contributed by atoms with Crippen LogP contribution in [-0.4, -0.2) is 11.0 Å². The summed E-state index contributed by atoms with van der Waals surface area (Å²) < 4.78 is 10.5. The Kier molecular flexibility index (Phi) is 3.78. The molecule has 3 rings (SSSR count). The van der Waals surface area contributed by atoms with Gasteiger partial charge in [0.05, 0.1) is 17.5 Å². The summed E-state index contributed by atoms with van der Waals surface area (Å²) in [6.07, 6.45) is 3.93. The monoisotopic (exact) mass is 279 g/mol. The predicted molar refractivity (Wildman–Crippen MR) is 76.6 cm³/mol. The molecule has 0 aliphatic heterocycles. The first-order chi connectivity index (χ1) is 10.3. The van der Waals surface area contributed by atoms with E-state index in [9.17, 15) is 4.79 Å². The second kappa shape index (κ2) is 6.05. The molecule has 0 saturated carbocycles. The van der Waals surface area contributed by atoms with Crippen molar-refractivity contribution in [1.82, 2.24) is 4.98 Å². The average molecular weight is 279 g/mol. The Balaban J connectivity index is 1.92. The van der Waals surface area contributed by atoms with Gasteiger partial charge in [0, 0.05) is 6.20 Å². The third-order valence-electron chi connectivity index (χ3n) is 3.04. The van der Waals surface area contributed by atoms with Crippen LogP contribution in [0.25, 0.3) is 0 Å². The molecule has 0 bridgehead atoms. The van der Waals surface area contributed by atoms with Crippen molar-refractivity contribution in [2.24, 2.45) is 0 Å². The molecule has 3 aromatic rings. The lowest BCUT2D eigenvalue weighted by Gasteiger charge is -2.17. The summed E-state index contributed by atoms with van der Waals surface area (Å²) in [6, 6.07) is 16.6. The smallest absolute Gasteiger partial charge is 0.342 e. The molecular formula is C17H13NO3. The number of carbonyl (C=O) groups excluding carboxylic acids is 1. The summed E-state index contributed by atoms with van der Waals surface area (Å²) in [5, 5.41) is 0. The van der Waals surface area contributed by atoms with E-state index in [1.807, 2.05) is 48.5 Å². The van der Waals surface area contributed by atoms with E-state index in [4.69, 9.17) is 9.15 Å². The van der Waals surface area contributed by atoms with Crippen LogP contribution in [0.1, 0.15) is 27.7 Å². The summed E-state index contributed by atoms with van der Waals surface area (Å²) >= 11 is 0. The molecular weight excluding hydrogens is 266 g/mol. The van der Waals surface area contributed by atoms with Crippen molar-refractivity contribution in [3.8, 4) is 0 Å². The molecule has 0 saturated heterocycles. The third kappa shape index (κ3) is 3.00. The van der Waals surface area contributed by atoms with E-state index in [1.54, 1.807) is 12.3 Å². The molecule has 4 nitrogen and oxygen atoms in total. The molecule has 0 spiro atoms. The van der Waals surface area contributed by atoms with Crippen molar-refractivity contribution < 1.29 is 13.9 Å². The fraction of sp³-hybridized carbons (Fsp3) is 0.0588. The zero-order valence-corrected chi connectivity index (χ0v) is 11.2. The van der Waals surface area contributed by atoms with Crippen molar-refractivity contribution >= 4 is 5.97 Å². The molecule has 0 amide bonds. The molecule has 0 aliphatic carbocycles. The molecule has 0 aliphatic rings. The minimum Gasteiger partial charge on any atom is -0.472 e. The zero-order chi connectivity index (χ0) is 14.5. The average Bonchev–Trinajstić information content (AvgIpc) is 3.09. The topological polar surface area (TPSA) is 52.3 Å². The third-order valence-corrected chi connectivity index (χ3v) is 3.04. The highest BCUT2D eigenvalue weighted by Gasteiger charge is 2.21. The van der Waals surface area contributed by atoms with Crippen LogP contribution in [0.15, 0.2) is 77.7 Å². The zero-order valence-electron chi connectivity index (χ0n) is 11.2. The van der Waals surface area contributed by atoms with Crippen molar-refractivity contribution in [3.05, 3.63) is 90.1 Å². The molecule has 104 valence electrons. The number of hydrogen-bond donors (Lipinski definition) is 0. The predicted octanol–water partition coefficient (Wildman–Crippen LogP) is 3.62.